The van der Waals surface area contributed by atoms with Crippen molar-refractivity contribution in [2.45, 2.75) is 32.2 Å². The number of aromatic nitrogens is 1. The average Bonchev–Trinajstić information content (AvgIpc) is 2.83. The molecule has 20 heavy (non-hydrogen) atoms. The fourth-order valence-corrected chi connectivity index (χ4v) is 3.14. The number of hydrogen-bond acceptors (Lipinski definition) is 2. The third-order valence-electron chi connectivity index (χ3n) is 4.11. The Morgan fingerprint density at radius 2 is 2.15 bits per heavy atom. The van der Waals surface area contributed by atoms with Gasteiger partial charge in [-0.3, -0.25) is 4.79 Å². The number of rotatable bonds is 2. The second kappa shape index (κ2) is 5.41. The Bertz CT molecular complexity index is 656. The molecule has 0 radical (unpaired) electrons. The lowest BCUT2D eigenvalue weighted by molar-refractivity contribution is 0.0931. The summed E-state index contributed by atoms with van der Waals surface area (Å²) in [5, 5.41) is 4.34. The normalized spacial score (nSPS) is 22.1. The van der Waals surface area contributed by atoms with Gasteiger partial charge in [0, 0.05) is 11.4 Å². The van der Waals surface area contributed by atoms with E-state index in [1.807, 2.05) is 24.3 Å². The van der Waals surface area contributed by atoms with Crippen LogP contribution in [0.3, 0.4) is 0 Å². The smallest absolute Gasteiger partial charge is 0.252 e. The van der Waals surface area contributed by atoms with Gasteiger partial charge in [-0.05, 0) is 30.9 Å². The molecule has 1 aromatic carbocycles. The average molecular weight is 289 g/mol. The summed E-state index contributed by atoms with van der Waals surface area (Å²) >= 11 is 6.02. The number of nitrogens with one attached hydrogen (secondary N) is 1. The van der Waals surface area contributed by atoms with Crippen molar-refractivity contribution >= 4 is 28.4 Å². The molecule has 3 rings (SSSR count). The van der Waals surface area contributed by atoms with Gasteiger partial charge in [0.1, 0.15) is 5.15 Å². The summed E-state index contributed by atoms with van der Waals surface area (Å²) in [5.41, 5.74) is 1.37. The van der Waals surface area contributed by atoms with E-state index in [1.165, 1.54) is 12.8 Å². The van der Waals surface area contributed by atoms with Gasteiger partial charge in [-0.15, -0.1) is 0 Å². The van der Waals surface area contributed by atoms with Crippen molar-refractivity contribution in [3.05, 3.63) is 41.0 Å². The van der Waals surface area contributed by atoms with Crippen LogP contribution in [0.1, 0.15) is 36.5 Å². The third kappa shape index (κ3) is 2.50. The number of para-hydroxylation sites is 1. The van der Waals surface area contributed by atoms with Crippen molar-refractivity contribution in [1.82, 2.24) is 10.3 Å². The Balaban J connectivity index is 1.94. The second-order valence-electron chi connectivity index (χ2n) is 5.50. The number of amides is 1. The van der Waals surface area contributed by atoms with Crippen molar-refractivity contribution in [2.75, 3.05) is 0 Å². The minimum absolute atomic E-state index is 0.0516. The van der Waals surface area contributed by atoms with E-state index < -0.39 is 0 Å². The molecule has 2 unspecified atom stereocenters. The summed E-state index contributed by atoms with van der Waals surface area (Å²) in [4.78, 5) is 16.8. The lowest BCUT2D eigenvalue weighted by Gasteiger charge is -2.18. The fraction of sp³-hybridized carbons (Fsp3) is 0.375. The summed E-state index contributed by atoms with van der Waals surface area (Å²) in [5.74, 6) is 0.492. The highest BCUT2D eigenvalue weighted by molar-refractivity contribution is 6.30. The van der Waals surface area contributed by atoms with Crippen LogP contribution >= 0.6 is 11.6 Å². The second-order valence-corrected chi connectivity index (χ2v) is 5.89. The van der Waals surface area contributed by atoms with E-state index in [0.29, 0.717) is 16.6 Å². The summed E-state index contributed by atoms with van der Waals surface area (Å²) in [7, 11) is 0. The van der Waals surface area contributed by atoms with Crippen molar-refractivity contribution in [3.8, 4) is 0 Å². The number of fused-ring (bicyclic) bond motifs is 1. The maximum Gasteiger partial charge on any atom is 0.252 e. The molecule has 1 aliphatic rings. The van der Waals surface area contributed by atoms with Crippen LogP contribution in [-0.2, 0) is 0 Å². The molecule has 2 atom stereocenters. The van der Waals surface area contributed by atoms with E-state index in [0.717, 1.165) is 17.3 Å². The molecule has 3 nitrogen and oxygen atoms in total. The number of carbonyl (C=O) groups excluding carboxylic acids is 1. The molecule has 1 N–H and O–H groups in total. The lowest BCUT2D eigenvalue weighted by atomic mass is 10.0. The van der Waals surface area contributed by atoms with Gasteiger partial charge in [-0.1, -0.05) is 43.1 Å². The molecule has 1 fully saturated rings. The minimum Gasteiger partial charge on any atom is -0.349 e. The molecule has 1 heterocycles. The number of carbonyl (C=O) groups is 1. The topological polar surface area (TPSA) is 42.0 Å². The van der Waals surface area contributed by atoms with E-state index in [2.05, 4.69) is 17.2 Å². The van der Waals surface area contributed by atoms with Gasteiger partial charge in [0.25, 0.3) is 5.91 Å². The molecular formula is C16H17ClN2O. The predicted octanol–water partition coefficient (Wildman–Crippen LogP) is 3.81. The Hall–Kier alpha value is -1.61. The highest BCUT2D eigenvalue weighted by Gasteiger charge is 2.25. The molecule has 104 valence electrons. The molecule has 0 saturated heterocycles. The van der Waals surface area contributed by atoms with Gasteiger partial charge in [0.05, 0.1) is 11.1 Å². The van der Waals surface area contributed by atoms with Crippen molar-refractivity contribution in [2.24, 2.45) is 5.92 Å². The van der Waals surface area contributed by atoms with Crippen LogP contribution in [0.2, 0.25) is 5.15 Å². The molecule has 1 aliphatic carbocycles. The van der Waals surface area contributed by atoms with Crippen molar-refractivity contribution in [1.29, 1.82) is 0 Å². The zero-order valence-corrected chi connectivity index (χ0v) is 12.2. The van der Waals surface area contributed by atoms with E-state index in [-0.39, 0.29) is 11.9 Å². The Morgan fingerprint density at radius 1 is 1.35 bits per heavy atom. The monoisotopic (exact) mass is 288 g/mol. The van der Waals surface area contributed by atoms with E-state index in [9.17, 15) is 4.79 Å². The molecular weight excluding hydrogens is 272 g/mol. The number of pyridine rings is 1. The van der Waals surface area contributed by atoms with Crippen LogP contribution in [-0.4, -0.2) is 16.9 Å². The maximum absolute atomic E-state index is 12.5. The number of nitrogens with zero attached hydrogens (tertiary/aromatic N) is 1. The van der Waals surface area contributed by atoms with Crippen LogP contribution in [0.4, 0.5) is 0 Å². The maximum atomic E-state index is 12.5. The van der Waals surface area contributed by atoms with E-state index in [1.54, 1.807) is 6.07 Å². The minimum atomic E-state index is -0.0516. The molecule has 0 bridgehead atoms. The van der Waals surface area contributed by atoms with Crippen LogP contribution in [0.15, 0.2) is 30.3 Å². The molecule has 1 saturated carbocycles. The van der Waals surface area contributed by atoms with Gasteiger partial charge in [-0.2, -0.15) is 0 Å². The zero-order chi connectivity index (χ0) is 14.1. The molecule has 0 spiro atoms. The molecule has 4 heteroatoms. The Morgan fingerprint density at radius 3 is 2.90 bits per heavy atom. The molecule has 2 aromatic rings. The highest BCUT2D eigenvalue weighted by Crippen LogP contribution is 2.26. The van der Waals surface area contributed by atoms with Crippen molar-refractivity contribution in [3.63, 3.8) is 0 Å². The van der Waals surface area contributed by atoms with Crippen molar-refractivity contribution < 1.29 is 4.79 Å². The first-order chi connectivity index (χ1) is 9.65. The highest BCUT2D eigenvalue weighted by atomic mass is 35.5. The standard InChI is InChI=1S/C16H17ClN2O/c1-10-5-4-8-13(10)19-16(20)12-9-15(17)18-14-7-3-2-6-11(12)14/h2-3,6-7,9-10,13H,4-5,8H2,1H3,(H,19,20). The van der Waals surface area contributed by atoms with Crippen LogP contribution in [0, 0.1) is 5.92 Å². The zero-order valence-electron chi connectivity index (χ0n) is 11.4. The van der Waals surface area contributed by atoms with Gasteiger partial charge < -0.3 is 5.32 Å². The van der Waals surface area contributed by atoms with Gasteiger partial charge in [-0.25, -0.2) is 4.98 Å². The molecule has 1 aromatic heterocycles. The summed E-state index contributed by atoms with van der Waals surface area (Å²) in [6.07, 6.45) is 3.43. The first-order valence-corrected chi connectivity index (χ1v) is 7.39. The SMILES string of the molecule is CC1CCCC1NC(=O)c1cc(Cl)nc2ccccc12. The summed E-state index contributed by atoms with van der Waals surface area (Å²) in [6.45, 7) is 2.19. The van der Waals surface area contributed by atoms with Gasteiger partial charge >= 0.3 is 0 Å². The number of hydrogen-bond donors (Lipinski definition) is 1. The molecule has 1 amide bonds. The fourth-order valence-electron chi connectivity index (χ4n) is 2.94. The van der Waals surface area contributed by atoms with E-state index in [4.69, 9.17) is 11.6 Å². The first-order valence-electron chi connectivity index (χ1n) is 7.01. The quantitative estimate of drug-likeness (QED) is 0.854. The Kier molecular flexibility index (Phi) is 3.62. The largest absolute Gasteiger partial charge is 0.349 e. The van der Waals surface area contributed by atoms with Gasteiger partial charge in [0.2, 0.25) is 0 Å². The molecule has 0 aliphatic heterocycles. The van der Waals surface area contributed by atoms with Crippen LogP contribution < -0.4 is 5.32 Å². The number of benzene rings is 1. The lowest BCUT2D eigenvalue weighted by Crippen LogP contribution is -2.36. The van der Waals surface area contributed by atoms with E-state index >= 15 is 0 Å². The Labute approximate surface area is 123 Å². The van der Waals surface area contributed by atoms with Crippen LogP contribution in [0.25, 0.3) is 10.9 Å². The number of halogens is 1. The summed E-state index contributed by atoms with van der Waals surface area (Å²) < 4.78 is 0. The third-order valence-corrected chi connectivity index (χ3v) is 4.30. The first kappa shape index (κ1) is 13.4. The van der Waals surface area contributed by atoms with Gasteiger partial charge in [0.15, 0.2) is 0 Å². The predicted molar refractivity (Wildman–Crippen MR) is 81.0 cm³/mol. The summed E-state index contributed by atoms with van der Waals surface area (Å²) in [6, 6.07) is 9.51. The van der Waals surface area contributed by atoms with Crippen LogP contribution in [0.5, 0.6) is 0 Å².